The lowest BCUT2D eigenvalue weighted by Gasteiger charge is -2.37. The second-order valence-electron chi connectivity index (χ2n) is 8.39. The molecule has 0 radical (unpaired) electrons. The van der Waals surface area contributed by atoms with Crippen molar-refractivity contribution in [3.05, 3.63) is 24.3 Å². The predicted octanol–water partition coefficient (Wildman–Crippen LogP) is 2.29. The highest BCUT2D eigenvalue weighted by Crippen LogP contribution is 2.31. The van der Waals surface area contributed by atoms with E-state index in [-0.39, 0.29) is 17.6 Å². The first-order valence-corrected chi connectivity index (χ1v) is 9.44. The summed E-state index contributed by atoms with van der Waals surface area (Å²) in [4.78, 5) is 2.45. The number of fused-ring (bicyclic) bond motifs is 1. The van der Waals surface area contributed by atoms with Crippen LogP contribution in [-0.4, -0.2) is 61.0 Å². The maximum absolute atomic E-state index is 10.2. The van der Waals surface area contributed by atoms with Crippen molar-refractivity contribution in [2.24, 2.45) is 5.41 Å². The standard InChI is InChI=1S/C20H32N2O3/c1-20(2,3)19(23)11-21-15-7-6-10-22(12-15)13-16-14-24-17-8-4-5-9-18(17)25-16/h4-5,8-9,15-16,19,21,23H,6-7,10-14H2,1-3H3/t15-,16-,19?/m0/s1. The summed E-state index contributed by atoms with van der Waals surface area (Å²) in [5.74, 6) is 1.69. The molecule has 0 amide bonds. The summed E-state index contributed by atoms with van der Waals surface area (Å²) >= 11 is 0. The van der Waals surface area contributed by atoms with Gasteiger partial charge in [0.25, 0.3) is 0 Å². The molecule has 3 atom stereocenters. The minimum atomic E-state index is -0.325. The Balaban J connectivity index is 1.46. The number of ether oxygens (including phenoxy) is 2. The SMILES string of the molecule is CC(C)(C)C(O)CN[C@H]1CCCN(C[C@H]2COc3ccccc3O2)C1. The molecule has 1 fully saturated rings. The number of piperidine rings is 1. The van der Waals surface area contributed by atoms with Crippen LogP contribution in [0, 0.1) is 5.41 Å². The molecule has 1 saturated heterocycles. The van der Waals surface area contributed by atoms with E-state index in [0.717, 1.165) is 37.6 Å². The van der Waals surface area contributed by atoms with Gasteiger partial charge in [-0.25, -0.2) is 0 Å². The van der Waals surface area contributed by atoms with Crippen LogP contribution in [0.15, 0.2) is 24.3 Å². The molecule has 1 aromatic carbocycles. The number of para-hydroxylation sites is 2. The molecule has 0 aliphatic carbocycles. The lowest BCUT2D eigenvalue weighted by Crippen LogP contribution is -2.51. The largest absolute Gasteiger partial charge is 0.486 e. The Morgan fingerprint density at radius 1 is 1.28 bits per heavy atom. The molecule has 3 rings (SSSR count). The fourth-order valence-electron chi connectivity index (χ4n) is 3.41. The van der Waals surface area contributed by atoms with E-state index in [9.17, 15) is 5.11 Å². The van der Waals surface area contributed by atoms with Crippen LogP contribution in [0.25, 0.3) is 0 Å². The van der Waals surface area contributed by atoms with Crippen LogP contribution in [-0.2, 0) is 0 Å². The van der Waals surface area contributed by atoms with Crippen LogP contribution in [0.5, 0.6) is 11.5 Å². The number of nitrogens with one attached hydrogen (secondary N) is 1. The predicted molar refractivity (Wildman–Crippen MR) is 99.3 cm³/mol. The molecule has 25 heavy (non-hydrogen) atoms. The monoisotopic (exact) mass is 348 g/mol. The lowest BCUT2D eigenvalue weighted by atomic mass is 9.89. The van der Waals surface area contributed by atoms with E-state index in [2.05, 4.69) is 31.0 Å². The first-order valence-electron chi connectivity index (χ1n) is 9.44. The number of benzene rings is 1. The fraction of sp³-hybridized carbons (Fsp3) is 0.700. The Morgan fingerprint density at radius 2 is 2.04 bits per heavy atom. The van der Waals surface area contributed by atoms with Gasteiger partial charge >= 0.3 is 0 Å². The molecule has 140 valence electrons. The zero-order chi connectivity index (χ0) is 17.9. The highest BCUT2D eigenvalue weighted by Gasteiger charge is 2.28. The molecular weight excluding hydrogens is 316 g/mol. The van der Waals surface area contributed by atoms with Crippen molar-refractivity contribution < 1.29 is 14.6 Å². The molecule has 0 spiro atoms. The van der Waals surface area contributed by atoms with Gasteiger partial charge in [-0.1, -0.05) is 32.9 Å². The quantitative estimate of drug-likeness (QED) is 0.855. The maximum atomic E-state index is 10.2. The Kier molecular flexibility index (Phi) is 5.87. The maximum Gasteiger partial charge on any atom is 0.161 e. The Hall–Kier alpha value is -1.30. The van der Waals surface area contributed by atoms with Gasteiger partial charge in [0.05, 0.1) is 6.10 Å². The van der Waals surface area contributed by atoms with Gasteiger partial charge in [-0.2, -0.15) is 0 Å². The van der Waals surface area contributed by atoms with Gasteiger partial charge in [0.15, 0.2) is 11.5 Å². The van der Waals surface area contributed by atoms with Gasteiger partial charge in [0.2, 0.25) is 0 Å². The minimum absolute atomic E-state index is 0.0776. The number of aliphatic hydroxyl groups excluding tert-OH is 1. The molecule has 0 saturated carbocycles. The van der Waals surface area contributed by atoms with Crippen molar-refractivity contribution >= 4 is 0 Å². The summed E-state index contributed by atoms with van der Waals surface area (Å²) in [6.07, 6.45) is 2.09. The lowest BCUT2D eigenvalue weighted by molar-refractivity contribution is 0.0403. The molecule has 2 aliphatic rings. The fourth-order valence-corrected chi connectivity index (χ4v) is 3.41. The second-order valence-corrected chi connectivity index (χ2v) is 8.39. The second kappa shape index (κ2) is 7.94. The van der Waals surface area contributed by atoms with Gasteiger partial charge in [-0.3, -0.25) is 4.90 Å². The summed E-state index contributed by atoms with van der Waals surface area (Å²) < 4.78 is 11.9. The van der Waals surface area contributed by atoms with E-state index < -0.39 is 0 Å². The number of likely N-dealkylation sites (tertiary alicyclic amines) is 1. The third-order valence-electron chi connectivity index (χ3n) is 5.13. The summed E-state index contributed by atoms with van der Waals surface area (Å²) in [6.45, 7) is 10.5. The summed E-state index contributed by atoms with van der Waals surface area (Å²) in [5.41, 5.74) is -0.0813. The number of nitrogens with zero attached hydrogens (tertiary/aromatic N) is 1. The molecular formula is C20H32N2O3. The van der Waals surface area contributed by atoms with E-state index in [0.29, 0.717) is 19.2 Å². The molecule has 5 heteroatoms. The van der Waals surface area contributed by atoms with E-state index in [4.69, 9.17) is 9.47 Å². The zero-order valence-corrected chi connectivity index (χ0v) is 15.7. The summed E-state index contributed by atoms with van der Waals surface area (Å²) in [5, 5.41) is 13.8. The number of rotatable bonds is 5. The smallest absolute Gasteiger partial charge is 0.161 e. The topological polar surface area (TPSA) is 54.0 Å². The average molecular weight is 348 g/mol. The first-order chi connectivity index (χ1) is 11.9. The van der Waals surface area contributed by atoms with E-state index in [1.807, 2.05) is 24.3 Å². The van der Waals surface area contributed by atoms with Crippen molar-refractivity contribution in [3.63, 3.8) is 0 Å². The van der Waals surface area contributed by atoms with Crippen molar-refractivity contribution in [1.29, 1.82) is 0 Å². The Labute approximate surface area is 151 Å². The van der Waals surface area contributed by atoms with Crippen LogP contribution in [0.1, 0.15) is 33.6 Å². The molecule has 5 nitrogen and oxygen atoms in total. The van der Waals surface area contributed by atoms with Crippen LogP contribution in [0.2, 0.25) is 0 Å². The van der Waals surface area contributed by atoms with E-state index in [1.54, 1.807) is 0 Å². The number of aliphatic hydroxyl groups is 1. The van der Waals surface area contributed by atoms with E-state index >= 15 is 0 Å². The van der Waals surface area contributed by atoms with Crippen LogP contribution < -0.4 is 14.8 Å². The molecule has 1 aromatic rings. The van der Waals surface area contributed by atoms with Crippen LogP contribution in [0.3, 0.4) is 0 Å². The van der Waals surface area contributed by atoms with Gasteiger partial charge in [-0.15, -0.1) is 0 Å². The Bertz CT molecular complexity index is 558. The first kappa shape index (κ1) is 18.5. The van der Waals surface area contributed by atoms with Gasteiger partial charge in [-0.05, 0) is 36.9 Å². The van der Waals surface area contributed by atoms with Crippen LogP contribution >= 0.6 is 0 Å². The van der Waals surface area contributed by atoms with Gasteiger partial charge < -0.3 is 19.9 Å². The highest BCUT2D eigenvalue weighted by molar-refractivity contribution is 5.40. The average Bonchev–Trinajstić information content (AvgIpc) is 2.59. The van der Waals surface area contributed by atoms with Crippen molar-refractivity contribution in [2.45, 2.75) is 51.9 Å². The number of hydrogen-bond acceptors (Lipinski definition) is 5. The van der Waals surface area contributed by atoms with Gasteiger partial charge in [0.1, 0.15) is 12.7 Å². The molecule has 0 aromatic heterocycles. The molecule has 0 bridgehead atoms. The zero-order valence-electron chi connectivity index (χ0n) is 15.7. The number of hydrogen-bond donors (Lipinski definition) is 2. The Morgan fingerprint density at radius 3 is 2.80 bits per heavy atom. The summed E-state index contributed by atoms with van der Waals surface area (Å²) in [6, 6.07) is 8.30. The third-order valence-corrected chi connectivity index (χ3v) is 5.13. The molecule has 2 aliphatic heterocycles. The minimum Gasteiger partial charge on any atom is -0.486 e. The molecule has 2 heterocycles. The normalized spacial score (nSPS) is 25.6. The van der Waals surface area contributed by atoms with Crippen LogP contribution in [0.4, 0.5) is 0 Å². The summed E-state index contributed by atoms with van der Waals surface area (Å²) in [7, 11) is 0. The molecule has 2 N–H and O–H groups in total. The van der Waals surface area contributed by atoms with Crippen molar-refractivity contribution in [1.82, 2.24) is 10.2 Å². The molecule has 1 unspecified atom stereocenters. The third kappa shape index (κ3) is 5.09. The van der Waals surface area contributed by atoms with Crippen molar-refractivity contribution in [3.8, 4) is 11.5 Å². The van der Waals surface area contributed by atoms with Crippen molar-refractivity contribution in [2.75, 3.05) is 32.8 Å². The van der Waals surface area contributed by atoms with Gasteiger partial charge in [0, 0.05) is 25.7 Å². The highest BCUT2D eigenvalue weighted by atomic mass is 16.6. The van der Waals surface area contributed by atoms with E-state index in [1.165, 1.54) is 6.42 Å².